The molecule has 0 spiro atoms. The number of benzene rings is 1. The van der Waals surface area contributed by atoms with Crippen molar-refractivity contribution in [2.75, 3.05) is 38.1 Å². The van der Waals surface area contributed by atoms with Crippen molar-refractivity contribution in [1.82, 2.24) is 4.90 Å². The van der Waals surface area contributed by atoms with Crippen LogP contribution in [0.1, 0.15) is 13.8 Å². The van der Waals surface area contributed by atoms with Gasteiger partial charge in [0.25, 0.3) is 0 Å². The fraction of sp³-hybridized carbons (Fsp3) is 0.600. The van der Waals surface area contributed by atoms with Gasteiger partial charge in [0.1, 0.15) is 0 Å². The van der Waals surface area contributed by atoms with Gasteiger partial charge in [-0.3, -0.25) is 0 Å². The van der Waals surface area contributed by atoms with Crippen molar-refractivity contribution in [2.24, 2.45) is 11.1 Å². The van der Waals surface area contributed by atoms with E-state index in [1.54, 1.807) is 0 Å². The van der Waals surface area contributed by atoms with Crippen LogP contribution in [0.15, 0.2) is 28.7 Å². The zero-order chi connectivity index (χ0) is 14.0. The molecule has 19 heavy (non-hydrogen) atoms. The largest absolute Gasteiger partial charge is 0.365 e. The van der Waals surface area contributed by atoms with Crippen LogP contribution in [-0.2, 0) is 0 Å². The fourth-order valence-corrected chi connectivity index (χ4v) is 3.29. The van der Waals surface area contributed by atoms with E-state index in [2.05, 4.69) is 70.9 Å². The summed E-state index contributed by atoms with van der Waals surface area (Å²) in [6, 6.07) is 8.94. The molecule has 1 fully saturated rings. The molecule has 1 atom stereocenters. The first-order valence-electron chi connectivity index (χ1n) is 6.82. The lowest BCUT2D eigenvalue weighted by Gasteiger charge is -2.35. The van der Waals surface area contributed by atoms with Crippen LogP contribution in [0.2, 0.25) is 0 Å². The Bertz CT molecular complexity index is 416. The maximum atomic E-state index is 6.00. The molecule has 1 aromatic rings. The first-order valence-corrected chi connectivity index (χ1v) is 7.61. The van der Waals surface area contributed by atoms with Gasteiger partial charge in [-0.05, 0) is 36.7 Å². The van der Waals surface area contributed by atoms with Crippen LogP contribution in [0.3, 0.4) is 0 Å². The maximum absolute atomic E-state index is 6.00. The maximum Gasteiger partial charge on any atom is 0.0539 e. The zero-order valence-corrected chi connectivity index (χ0v) is 13.7. The standard InChI is InChI=1S/C15H24BrN3/c1-15(2)10-18(3)9-14(8-17)19(11-15)13-6-4-12(16)5-7-13/h4-7,14H,8-11,17H2,1-3H3. The number of halogens is 1. The van der Waals surface area contributed by atoms with E-state index in [0.29, 0.717) is 12.6 Å². The summed E-state index contributed by atoms with van der Waals surface area (Å²) in [6.07, 6.45) is 0. The van der Waals surface area contributed by atoms with Gasteiger partial charge in [0, 0.05) is 36.3 Å². The van der Waals surface area contributed by atoms with Gasteiger partial charge in [-0.2, -0.15) is 0 Å². The molecule has 3 nitrogen and oxygen atoms in total. The number of anilines is 1. The summed E-state index contributed by atoms with van der Waals surface area (Å²) in [5, 5.41) is 0. The van der Waals surface area contributed by atoms with Gasteiger partial charge in [0.2, 0.25) is 0 Å². The molecule has 4 heteroatoms. The Morgan fingerprint density at radius 3 is 2.47 bits per heavy atom. The highest BCUT2D eigenvalue weighted by Gasteiger charge is 2.32. The highest BCUT2D eigenvalue weighted by molar-refractivity contribution is 9.10. The van der Waals surface area contributed by atoms with E-state index < -0.39 is 0 Å². The monoisotopic (exact) mass is 325 g/mol. The van der Waals surface area contributed by atoms with Gasteiger partial charge >= 0.3 is 0 Å². The minimum atomic E-state index is 0.270. The van der Waals surface area contributed by atoms with Crippen molar-refractivity contribution in [1.29, 1.82) is 0 Å². The molecule has 2 rings (SSSR count). The van der Waals surface area contributed by atoms with Gasteiger partial charge in [0.15, 0.2) is 0 Å². The van der Waals surface area contributed by atoms with E-state index in [-0.39, 0.29) is 5.41 Å². The quantitative estimate of drug-likeness (QED) is 0.907. The predicted molar refractivity (Wildman–Crippen MR) is 85.6 cm³/mol. The molecule has 0 aliphatic carbocycles. The topological polar surface area (TPSA) is 32.5 Å². The van der Waals surface area contributed by atoms with E-state index in [9.17, 15) is 0 Å². The Balaban J connectivity index is 2.30. The molecule has 1 heterocycles. The third-order valence-electron chi connectivity index (χ3n) is 3.69. The zero-order valence-electron chi connectivity index (χ0n) is 12.1. The number of rotatable bonds is 2. The van der Waals surface area contributed by atoms with Crippen LogP contribution in [-0.4, -0.2) is 44.2 Å². The first kappa shape index (κ1) is 14.8. The molecule has 1 aromatic carbocycles. The van der Waals surface area contributed by atoms with Gasteiger partial charge in [-0.1, -0.05) is 29.8 Å². The Hall–Kier alpha value is -0.580. The molecule has 106 valence electrons. The molecular weight excluding hydrogens is 302 g/mol. The van der Waals surface area contributed by atoms with Gasteiger partial charge in [-0.15, -0.1) is 0 Å². The summed E-state index contributed by atoms with van der Waals surface area (Å²) in [5.41, 5.74) is 7.54. The Morgan fingerprint density at radius 1 is 1.26 bits per heavy atom. The Kier molecular flexibility index (Phi) is 4.54. The average molecular weight is 326 g/mol. The third kappa shape index (κ3) is 3.71. The lowest BCUT2D eigenvalue weighted by Crippen LogP contribution is -2.46. The van der Waals surface area contributed by atoms with Crippen LogP contribution in [0.25, 0.3) is 0 Å². The molecular formula is C15H24BrN3. The molecule has 1 aliphatic rings. The van der Waals surface area contributed by atoms with E-state index in [1.807, 2.05) is 0 Å². The van der Waals surface area contributed by atoms with Gasteiger partial charge < -0.3 is 15.5 Å². The van der Waals surface area contributed by atoms with E-state index >= 15 is 0 Å². The average Bonchev–Trinajstić information content (AvgIpc) is 2.45. The van der Waals surface area contributed by atoms with Crippen molar-refractivity contribution in [3.8, 4) is 0 Å². The molecule has 0 saturated carbocycles. The minimum Gasteiger partial charge on any atom is -0.365 e. The van der Waals surface area contributed by atoms with Crippen LogP contribution >= 0.6 is 15.9 Å². The lowest BCUT2D eigenvalue weighted by molar-refractivity contribution is 0.239. The summed E-state index contributed by atoms with van der Waals surface area (Å²) in [4.78, 5) is 4.87. The van der Waals surface area contributed by atoms with Gasteiger partial charge in [-0.25, -0.2) is 0 Å². The lowest BCUT2D eigenvalue weighted by atomic mass is 9.92. The highest BCUT2D eigenvalue weighted by Crippen LogP contribution is 2.29. The Labute approximate surface area is 124 Å². The second-order valence-electron chi connectivity index (χ2n) is 6.35. The molecule has 1 aliphatic heterocycles. The highest BCUT2D eigenvalue weighted by atomic mass is 79.9. The molecule has 0 bridgehead atoms. The SMILES string of the molecule is CN1CC(CN)N(c2ccc(Br)cc2)CC(C)(C)C1. The Morgan fingerprint density at radius 2 is 1.89 bits per heavy atom. The van der Waals surface area contributed by atoms with Crippen molar-refractivity contribution >= 4 is 21.6 Å². The number of nitrogens with two attached hydrogens (primary N) is 1. The molecule has 2 N–H and O–H groups in total. The van der Waals surface area contributed by atoms with E-state index in [1.165, 1.54) is 5.69 Å². The number of likely N-dealkylation sites (N-methyl/N-ethyl adjacent to an activating group) is 1. The normalized spacial score (nSPS) is 24.3. The van der Waals surface area contributed by atoms with Crippen LogP contribution in [0, 0.1) is 5.41 Å². The number of hydrogen-bond donors (Lipinski definition) is 1. The summed E-state index contributed by atoms with van der Waals surface area (Å²) >= 11 is 3.50. The third-order valence-corrected chi connectivity index (χ3v) is 4.22. The van der Waals surface area contributed by atoms with Crippen molar-refractivity contribution < 1.29 is 0 Å². The molecule has 0 radical (unpaired) electrons. The molecule has 1 saturated heterocycles. The molecule has 0 aromatic heterocycles. The van der Waals surface area contributed by atoms with Crippen LogP contribution in [0.5, 0.6) is 0 Å². The van der Waals surface area contributed by atoms with Crippen molar-refractivity contribution in [3.63, 3.8) is 0 Å². The number of hydrogen-bond acceptors (Lipinski definition) is 3. The second kappa shape index (κ2) is 5.81. The smallest absolute Gasteiger partial charge is 0.0539 e. The number of nitrogens with zero attached hydrogens (tertiary/aromatic N) is 2. The summed E-state index contributed by atoms with van der Waals surface area (Å²) in [7, 11) is 2.19. The summed E-state index contributed by atoms with van der Waals surface area (Å²) < 4.78 is 1.12. The molecule has 1 unspecified atom stereocenters. The predicted octanol–water partition coefficient (Wildman–Crippen LogP) is 2.55. The summed E-state index contributed by atoms with van der Waals surface area (Å²) in [6.45, 7) is 8.52. The second-order valence-corrected chi connectivity index (χ2v) is 7.27. The fourth-order valence-electron chi connectivity index (χ4n) is 3.03. The minimum absolute atomic E-state index is 0.270. The molecule has 0 amide bonds. The van der Waals surface area contributed by atoms with Crippen molar-refractivity contribution in [2.45, 2.75) is 19.9 Å². The van der Waals surface area contributed by atoms with E-state index in [4.69, 9.17) is 5.73 Å². The first-order chi connectivity index (χ1) is 8.91. The van der Waals surface area contributed by atoms with Crippen LogP contribution in [0.4, 0.5) is 5.69 Å². The van der Waals surface area contributed by atoms with Crippen molar-refractivity contribution in [3.05, 3.63) is 28.7 Å². The van der Waals surface area contributed by atoms with E-state index in [0.717, 1.165) is 24.1 Å². The van der Waals surface area contributed by atoms with Crippen LogP contribution < -0.4 is 10.6 Å². The summed E-state index contributed by atoms with van der Waals surface area (Å²) in [5.74, 6) is 0. The van der Waals surface area contributed by atoms with Gasteiger partial charge in [0.05, 0.1) is 6.04 Å².